The molecule has 2 aromatic carbocycles. The number of aromatic nitrogens is 2. The van der Waals surface area contributed by atoms with Crippen molar-refractivity contribution in [3.63, 3.8) is 0 Å². The minimum Gasteiger partial charge on any atom is -0.492 e. The van der Waals surface area contributed by atoms with E-state index in [9.17, 15) is 0 Å². The summed E-state index contributed by atoms with van der Waals surface area (Å²) in [6.07, 6.45) is 3.67. The molecule has 0 bridgehead atoms. The van der Waals surface area contributed by atoms with Crippen LogP contribution >= 0.6 is 0 Å². The highest BCUT2D eigenvalue weighted by Crippen LogP contribution is 2.38. The molecule has 4 aromatic rings. The molecule has 0 aliphatic carbocycles. The van der Waals surface area contributed by atoms with Gasteiger partial charge in [0.2, 0.25) is 0 Å². The number of hydrogen-bond acceptors (Lipinski definition) is 6. The summed E-state index contributed by atoms with van der Waals surface area (Å²) in [6, 6.07) is 14.3. The van der Waals surface area contributed by atoms with Crippen LogP contribution in [-0.4, -0.2) is 42.9 Å². The average molecular weight is 460 g/mol. The number of nitrogen functional groups attached to an aromatic ring is 1. The van der Waals surface area contributed by atoms with Crippen LogP contribution in [0.2, 0.25) is 0 Å². The molecule has 0 spiro atoms. The molecule has 0 fully saturated rings. The maximum absolute atomic E-state index is 6.40. The van der Waals surface area contributed by atoms with E-state index in [1.54, 1.807) is 6.20 Å². The number of fused-ring (bicyclic) bond motifs is 1. The molecule has 7 nitrogen and oxygen atoms in total. The lowest BCUT2D eigenvalue weighted by Gasteiger charge is -2.18. The number of rotatable bonds is 11. The summed E-state index contributed by atoms with van der Waals surface area (Å²) in [5, 5.41) is 8.07. The predicted octanol–water partition coefficient (Wildman–Crippen LogP) is 5.18. The fraction of sp³-hybridized carbons (Fsp3) is 0.296. The van der Waals surface area contributed by atoms with E-state index in [0.717, 1.165) is 64.7 Å². The Bertz CT molecular complexity index is 1230. The maximum Gasteiger partial charge on any atom is 0.119 e. The summed E-state index contributed by atoms with van der Waals surface area (Å²) >= 11 is 0. The van der Waals surface area contributed by atoms with E-state index in [1.807, 2.05) is 32.2 Å². The zero-order valence-electron chi connectivity index (χ0n) is 20.1. The van der Waals surface area contributed by atoms with Crippen molar-refractivity contribution < 1.29 is 9.47 Å². The molecule has 4 rings (SSSR count). The van der Waals surface area contributed by atoms with Gasteiger partial charge in [0.1, 0.15) is 12.4 Å². The van der Waals surface area contributed by atoms with Gasteiger partial charge in [0.05, 0.1) is 24.2 Å². The quantitative estimate of drug-likeness (QED) is 0.231. The van der Waals surface area contributed by atoms with Crippen LogP contribution in [0.25, 0.3) is 22.0 Å². The summed E-state index contributed by atoms with van der Waals surface area (Å²) in [5.41, 5.74) is 14.1. The van der Waals surface area contributed by atoms with Gasteiger partial charge in [-0.05, 0) is 62.2 Å². The van der Waals surface area contributed by atoms with Crippen LogP contribution < -0.4 is 21.1 Å². The number of ether oxygens (including phenoxy) is 2. The topological polar surface area (TPSA) is 97.2 Å². The number of aryl methyl sites for hydroxylation is 2. The minimum atomic E-state index is 0.595. The van der Waals surface area contributed by atoms with E-state index in [2.05, 4.69) is 57.9 Å². The number of aromatic amines is 1. The molecule has 2 heterocycles. The second-order valence-electron chi connectivity index (χ2n) is 8.17. The highest BCUT2D eigenvalue weighted by atomic mass is 16.5. The van der Waals surface area contributed by atoms with Crippen LogP contribution in [0.5, 0.6) is 5.75 Å². The standard InChI is InChI=1S/C27H33N5O2/c1-4-33-15-13-29-14-16-34-21-7-5-20(6-8-21)26-19(3)31-17-23(28)27(26)32-24-9-10-25-22(18(24)2)11-12-30-25/h5-12,17,29-30H,4,13-16,28H2,1-3H3,(H,31,32). The molecule has 0 saturated carbocycles. The molecule has 34 heavy (non-hydrogen) atoms. The second kappa shape index (κ2) is 11.0. The third-order valence-electron chi connectivity index (χ3n) is 5.88. The third-order valence-corrected chi connectivity index (χ3v) is 5.88. The van der Waals surface area contributed by atoms with Gasteiger partial charge in [0.15, 0.2) is 0 Å². The number of pyridine rings is 1. The summed E-state index contributed by atoms with van der Waals surface area (Å²) < 4.78 is 11.2. The number of nitrogens with zero attached hydrogens (tertiary/aromatic N) is 1. The number of hydrogen-bond donors (Lipinski definition) is 4. The summed E-state index contributed by atoms with van der Waals surface area (Å²) in [7, 11) is 0. The molecule has 0 amide bonds. The number of nitrogens with one attached hydrogen (secondary N) is 3. The molecule has 0 aliphatic rings. The molecule has 7 heteroatoms. The van der Waals surface area contributed by atoms with Crippen molar-refractivity contribution in [2.24, 2.45) is 0 Å². The van der Waals surface area contributed by atoms with E-state index in [-0.39, 0.29) is 0 Å². The monoisotopic (exact) mass is 459 g/mol. The SMILES string of the molecule is CCOCCNCCOc1ccc(-c2c(C)ncc(N)c2Nc2ccc3[nH]ccc3c2C)cc1. The van der Waals surface area contributed by atoms with Crippen molar-refractivity contribution in [3.05, 3.63) is 66.1 Å². The predicted molar refractivity (Wildman–Crippen MR) is 140 cm³/mol. The summed E-state index contributed by atoms with van der Waals surface area (Å²) in [5.74, 6) is 0.827. The van der Waals surface area contributed by atoms with Crippen LogP contribution in [0.15, 0.2) is 54.9 Å². The van der Waals surface area contributed by atoms with Crippen LogP contribution in [0, 0.1) is 13.8 Å². The van der Waals surface area contributed by atoms with Gasteiger partial charge in [-0.15, -0.1) is 0 Å². The summed E-state index contributed by atoms with van der Waals surface area (Å²) in [4.78, 5) is 7.78. The molecule has 0 saturated heterocycles. The van der Waals surface area contributed by atoms with E-state index >= 15 is 0 Å². The van der Waals surface area contributed by atoms with Crippen molar-refractivity contribution in [3.8, 4) is 16.9 Å². The third kappa shape index (κ3) is 5.32. The minimum absolute atomic E-state index is 0.595. The van der Waals surface area contributed by atoms with Gasteiger partial charge in [0, 0.05) is 53.7 Å². The zero-order valence-corrected chi connectivity index (χ0v) is 20.1. The first-order valence-electron chi connectivity index (χ1n) is 11.7. The van der Waals surface area contributed by atoms with Crippen LogP contribution in [0.4, 0.5) is 17.1 Å². The smallest absolute Gasteiger partial charge is 0.119 e. The molecule has 0 unspecified atom stereocenters. The molecule has 0 atom stereocenters. The highest BCUT2D eigenvalue weighted by Gasteiger charge is 2.15. The molecular weight excluding hydrogens is 426 g/mol. The van der Waals surface area contributed by atoms with Gasteiger partial charge in [0.25, 0.3) is 0 Å². The van der Waals surface area contributed by atoms with Crippen molar-refractivity contribution in [1.82, 2.24) is 15.3 Å². The molecule has 0 radical (unpaired) electrons. The molecular formula is C27H33N5O2. The van der Waals surface area contributed by atoms with Crippen molar-refractivity contribution >= 4 is 28.0 Å². The first-order valence-corrected chi connectivity index (χ1v) is 11.7. The van der Waals surface area contributed by atoms with Gasteiger partial charge >= 0.3 is 0 Å². The first-order chi connectivity index (χ1) is 16.6. The number of benzene rings is 2. The lowest BCUT2D eigenvalue weighted by molar-refractivity contribution is 0.148. The zero-order chi connectivity index (χ0) is 23.9. The molecule has 178 valence electrons. The van der Waals surface area contributed by atoms with Crippen molar-refractivity contribution in [1.29, 1.82) is 0 Å². The van der Waals surface area contributed by atoms with E-state index < -0.39 is 0 Å². The Labute approximate surface area is 200 Å². The fourth-order valence-electron chi connectivity index (χ4n) is 4.04. The van der Waals surface area contributed by atoms with Crippen molar-refractivity contribution in [2.75, 3.05) is 44.0 Å². The molecule has 0 aliphatic heterocycles. The number of H-pyrrole nitrogens is 1. The number of anilines is 3. The summed E-state index contributed by atoms with van der Waals surface area (Å²) in [6.45, 7) is 9.75. The van der Waals surface area contributed by atoms with Crippen LogP contribution in [0.1, 0.15) is 18.2 Å². The van der Waals surface area contributed by atoms with Crippen molar-refractivity contribution in [2.45, 2.75) is 20.8 Å². The Hall–Kier alpha value is -3.55. The van der Waals surface area contributed by atoms with E-state index in [4.69, 9.17) is 15.2 Å². The Kier molecular flexibility index (Phi) is 7.67. The van der Waals surface area contributed by atoms with Gasteiger partial charge in [-0.1, -0.05) is 12.1 Å². The highest BCUT2D eigenvalue weighted by molar-refractivity contribution is 5.94. The Balaban J connectivity index is 1.50. The van der Waals surface area contributed by atoms with Crippen LogP contribution in [0.3, 0.4) is 0 Å². The van der Waals surface area contributed by atoms with E-state index in [0.29, 0.717) is 18.9 Å². The largest absolute Gasteiger partial charge is 0.492 e. The maximum atomic E-state index is 6.40. The first kappa shape index (κ1) is 23.6. The van der Waals surface area contributed by atoms with Gasteiger partial charge < -0.3 is 30.8 Å². The lowest BCUT2D eigenvalue weighted by Crippen LogP contribution is -2.24. The molecule has 5 N–H and O–H groups in total. The fourth-order valence-corrected chi connectivity index (χ4v) is 4.04. The molecule has 2 aromatic heterocycles. The second-order valence-corrected chi connectivity index (χ2v) is 8.17. The normalized spacial score (nSPS) is 11.1. The Morgan fingerprint density at radius 1 is 1.00 bits per heavy atom. The van der Waals surface area contributed by atoms with Crippen LogP contribution in [-0.2, 0) is 4.74 Å². The Morgan fingerprint density at radius 2 is 1.79 bits per heavy atom. The van der Waals surface area contributed by atoms with Gasteiger partial charge in [-0.2, -0.15) is 0 Å². The number of nitrogens with two attached hydrogens (primary N) is 1. The lowest BCUT2D eigenvalue weighted by atomic mass is 10.0. The van der Waals surface area contributed by atoms with Gasteiger partial charge in [-0.3, -0.25) is 4.98 Å². The average Bonchev–Trinajstić information content (AvgIpc) is 3.33. The van der Waals surface area contributed by atoms with E-state index in [1.165, 1.54) is 5.39 Å². The van der Waals surface area contributed by atoms with Gasteiger partial charge in [-0.25, -0.2) is 0 Å². The Morgan fingerprint density at radius 3 is 2.59 bits per heavy atom.